The van der Waals surface area contributed by atoms with E-state index in [1.54, 1.807) is 42.2 Å². The Morgan fingerprint density at radius 3 is 2.74 bits per heavy atom. The third-order valence-electron chi connectivity index (χ3n) is 5.98. The number of oxazole rings is 1. The molecule has 5 rings (SSSR count). The molecule has 2 N–H and O–H groups in total. The molecule has 1 aliphatic heterocycles. The zero-order chi connectivity index (χ0) is 23.8. The van der Waals surface area contributed by atoms with Gasteiger partial charge in [0.05, 0.1) is 6.61 Å². The highest BCUT2D eigenvalue weighted by Gasteiger charge is 2.23. The topological polar surface area (TPSA) is 95.7 Å². The van der Waals surface area contributed by atoms with E-state index in [0.717, 1.165) is 11.1 Å². The zero-order valence-electron chi connectivity index (χ0n) is 18.5. The van der Waals surface area contributed by atoms with Crippen molar-refractivity contribution in [2.24, 2.45) is 0 Å². The molecular formula is C26H22FN3O4. The van der Waals surface area contributed by atoms with Crippen molar-refractivity contribution >= 4 is 28.6 Å². The summed E-state index contributed by atoms with van der Waals surface area (Å²) in [6.07, 6.45) is 0.687. The maximum Gasteiger partial charge on any atom is 0.255 e. The van der Waals surface area contributed by atoms with Crippen molar-refractivity contribution in [3.05, 3.63) is 94.1 Å². The Balaban J connectivity index is 1.34. The molecule has 1 aliphatic rings. The van der Waals surface area contributed by atoms with Gasteiger partial charge in [0.25, 0.3) is 11.8 Å². The number of hydrogen-bond acceptors (Lipinski definition) is 5. The van der Waals surface area contributed by atoms with E-state index in [0.29, 0.717) is 53.3 Å². The van der Waals surface area contributed by atoms with Crippen molar-refractivity contribution < 1.29 is 23.5 Å². The number of aromatic nitrogens is 1. The molecule has 2 amide bonds. The standard InChI is InChI=1S/C26H22FN3O4/c1-15-28-23-12-18(4-7-24(23)34-15)26(33)30-9-8-16-2-3-17(10-19(16)13-30)25(32)29-21-5-6-22(27)20(11-21)14-31/h2-7,10-12,31H,8-9,13-14H2,1H3,(H,29,32). The average molecular weight is 459 g/mol. The molecule has 34 heavy (non-hydrogen) atoms. The Hall–Kier alpha value is -4.04. The van der Waals surface area contributed by atoms with Gasteiger partial charge in [-0.2, -0.15) is 0 Å². The fourth-order valence-electron chi connectivity index (χ4n) is 4.21. The van der Waals surface area contributed by atoms with E-state index >= 15 is 0 Å². The van der Waals surface area contributed by atoms with Crippen LogP contribution in [0.4, 0.5) is 10.1 Å². The van der Waals surface area contributed by atoms with E-state index in [-0.39, 0.29) is 17.4 Å². The van der Waals surface area contributed by atoms with Crippen LogP contribution in [0.25, 0.3) is 11.1 Å². The molecule has 0 atom stereocenters. The summed E-state index contributed by atoms with van der Waals surface area (Å²) in [5, 5.41) is 12.0. The molecule has 1 aromatic heterocycles. The van der Waals surface area contributed by atoms with Crippen molar-refractivity contribution in [2.75, 3.05) is 11.9 Å². The number of amides is 2. The van der Waals surface area contributed by atoms with E-state index in [4.69, 9.17) is 4.42 Å². The van der Waals surface area contributed by atoms with Gasteiger partial charge in [0.2, 0.25) is 0 Å². The number of nitrogens with one attached hydrogen (secondary N) is 1. The Kier molecular flexibility index (Phi) is 5.59. The first-order valence-electron chi connectivity index (χ1n) is 10.9. The molecule has 4 aromatic rings. The summed E-state index contributed by atoms with van der Waals surface area (Å²) in [5.41, 5.74) is 4.75. The first-order valence-corrected chi connectivity index (χ1v) is 10.9. The van der Waals surface area contributed by atoms with Crippen LogP contribution in [0.1, 0.15) is 43.3 Å². The summed E-state index contributed by atoms with van der Waals surface area (Å²) in [4.78, 5) is 32.0. The van der Waals surface area contributed by atoms with Crippen LogP contribution >= 0.6 is 0 Å². The fraction of sp³-hybridized carbons (Fsp3) is 0.192. The number of carbonyl (C=O) groups excluding carboxylic acids is 2. The Morgan fingerprint density at radius 2 is 1.91 bits per heavy atom. The highest BCUT2D eigenvalue weighted by Crippen LogP contribution is 2.24. The molecule has 0 saturated heterocycles. The van der Waals surface area contributed by atoms with Gasteiger partial charge in [0.1, 0.15) is 11.3 Å². The first-order chi connectivity index (χ1) is 16.4. The lowest BCUT2D eigenvalue weighted by atomic mass is 9.96. The molecule has 0 spiro atoms. The second kappa shape index (κ2) is 8.72. The number of halogens is 1. The lowest BCUT2D eigenvalue weighted by Gasteiger charge is -2.29. The minimum Gasteiger partial charge on any atom is -0.441 e. The summed E-state index contributed by atoms with van der Waals surface area (Å²) in [5.74, 6) is -0.443. The minimum absolute atomic E-state index is 0.106. The summed E-state index contributed by atoms with van der Waals surface area (Å²) in [6, 6.07) is 14.7. The average Bonchev–Trinajstić information content (AvgIpc) is 3.23. The van der Waals surface area contributed by atoms with Gasteiger partial charge in [-0.25, -0.2) is 9.37 Å². The highest BCUT2D eigenvalue weighted by atomic mass is 19.1. The Morgan fingerprint density at radius 1 is 1.09 bits per heavy atom. The molecule has 0 fully saturated rings. The molecule has 0 bridgehead atoms. The number of fused-ring (bicyclic) bond motifs is 2. The zero-order valence-corrected chi connectivity index (χ0v) is 18.5. The van der Waals surface area contributed by atoms with Crippen molar-refractivity contribution in [3.8, 4) is 0 Å². The fourth-order valence-corrected chi connectivity index (χ4v) is 4.21. The van der Waals surface area contributed by atoms with Crippen LogP contribution in [-0.4, -0.2) is 33.3 Å². The second-order valence-electron chi connectivity index (χ2n) is 8.29. The molecule has 2 heterocycles. The molecule has 7 nitrogen and oxygen atoms in total. The summed E-state index contributed by atoms with van der Waals surface area (Å²) in [7, 11) is 0. The molecule has 0 radical (unpaired) electrons. The van der Waals surface area contributed by atoms with Crippen molar-refractivity contribution in [2.45, 2.75) is 26.5 Å². The largest absolute Gasteiger partial charge is 0.441 e. The van der Waals surface area contributed by atoms with Crippen LogP contribution in [0, 0.1) is 12.7 Å². The summed E-state index contributed by atoms with van der Waals surface area (Å²) < 4.78 is 19.1. The lowest BCUT2D eigenvalue weighted by molar-refractivity contribution is 0.0735. The quantitative estimate of drug-likeness (QED) is 0.477. The number of anilines is 1. The van der Waals surface area contributed by atoms with E-state index in [1.165, 1.54) is 18.2 Å². The van der Waals surface area contributed by atoms with Gasteiger partial charge in [0, 0.05) is 42.4 Å². The first kappa shape index (κ1) is 21.8. The molecule has 0 unspecified atom stereocenters. The van der Waals surface area contributed by atoms with Crippen LogP contribution in [0.2, 0.25) is 0 Å². The predicted molar refractivity (Wildman–Crippen MR) is 124 cm³/mol. The number of carbonyl (C=O) groups is 2. The maximum absolute atomic E-state index is 13.6. The maximum atomic E-state index is 13.6. The van der Waals surface area contributed by atoms with Gasteiger partial charge in [-0.05, 0) is 66.1 Å². The van der Waals surface area contributed by atoms with E-state index in [9.17, 15) is 19.1 Å². The van der Waals surface area contributed by atoms with Crippen LogP contribution < -0.4 is 5.32 Å². The van der Waals surface area contributed by atoms with Gasteiger partial charge in [-0.1, -0.05) is 6.07 Å². The number of aryl methyl sites for hydroxylation is 1. The van der Waals surface area contributed by atoms with Crippen molar-refractivity contribution in [1.82, 2.24) is 9.88 Å². The van der Waals surface area contributed by atoms with E-state index in [2.05, 4.69) is 10.3 Å². The third-order valence-corrected chi connectivity index (χ3v) is 5.98. The van der Waals surface area contributed by atoms with Gasteiger partial charge in [-0.15, -0.1) is 0 Å². The summed E-state index contributed by atoms with van der Waals surface area (Å²) >= 11 is 0. The van der Waals surface area contributed by atoms with E-state index in [1.807, 2.05) is 6.07 Å². The third kappa shape index (κ3) is 4.15. The van der Waals surface area contributed by atoms with Gasteiger partial charge in [0.15, 0.2) is 11.5 Å². The van der Waals surface area contributed by atoms with Crippen molar-refractivity contribution in [1.29, 1.82) is 0 Å². The molecule has 8 heteroatoms. The highest BCUT2D eigenvalue weighted by molar-refractivity contribution is 6.04. The SMILES string of the molecule is Cc1nc2cc(C(=O)N3CCc4ccc(C(=O)Nc5ccc(F)c(CO)c5)cc4C3)ccc2o1. The monoisotopic (exact) mass is 459 g/mol. The number of hydrogen-bond donors (Lipinski definition) is 2. The number of benzene rings is 3. The van der Waals surface area contributed by atoms with Gasteiger partial charge < -0.3 is 19.7 Å². The smallest absolute Gasteiger partial charge is 0.255 e. The van der Waals surface area contributed by atoms with Crippen LogP contribution in [0.5, 0.6) is 0 Å². The lowest BCUT2D eigenvalue weighted by Crippen LogP contribution is -2.36. The molecule has 172 valence electrons. The Bertz CT molecular complexity index is 1430. The number of rotatable bonds is 4. The molecule has 3 aromatic carbocycles. The number of aliphatic hydroxyl groups excluding tert-OH is 1. The minimum atomic E-state index is -0.531. The number of nitrogens with zero attached hydrogens (tertiary/aromatic N) is 2. The molecule has 0 aliphatic carbocycles. The van der Waals surface area contributed by atoms with Crippen molar-refractivity contribution in [3.63, 3.8) is 0 Å². The van der Waals surface area contributed by atoms with Gasteiger partial charge in [-0.3, -0.25) is 9.59 Å². The normalized spacial score (nSPS) is 13.1. The van der Waals surface area contributed by atoms with Crippen LogP contribution in [0.15, 0.2) is 59.0 Å². The molecule has 0 saturated carbocycles. The van der Waals surface area contributed by atoms with Crippen LogP contribution in [-0.2, 0) is 19.6 Å². The van der Waals surface area contributed by atoms with Gasteiger partial charge >= 0.3 is 0 Å². The number of aliphatic hydroxyl groups is 1. The molecular weight excluding hydrogens is 437 g/mol. The van der Waals surface area contributed by atoms with E-state index < -0.39 is 12.4 Å². The predicted octanol–water partition coefficient (Wildman–Crippen LogP) is 4.22. The van der Waals surface area contributed by atoms with Crippen LogP contribution in [0.3, 0.4) is 0 Å². The second-order valence-corrected chi connectivity index (χ2v) is 8.29. The Labute approximate surface area is 194 Å². The summed E-state index contributed by atoms with van der Waals surface area (Å²) in [6.45, 7) is 2.27.